The van der Waals surface area contributed by atoms with Crippen molar-refractivity contribution in [2.45, 2.75) is 354 Å². The maximum absolute atomic E-state index is 11.2. The number of H-pyrrole nitrogens is 1. The molecule has 0 saturated heterocycles. The molecule has 0 aliphatic heterocycles. The van der Waals surface area contributed by atoms with E-state index in [0.29, 0.717) is 0 Å². The average molecular weight is 1860 g/mol. The zero-order valence-electron chi connectivity index (χ0n) is 91.4. The number of imidazole rings is 1. The molecule has 25 heteroatoms. The largest absolute Gasteiger partial charge is 0.618 e. The first-order valence-electron chi connectivity index (χ1n) is 46.5. The van der Waals surface area contributed by atoms with Gasteiger partial charge in [-0.2, -0.15) is 14.9 Å². The van der Waals surface area contributed by atoms with Gasteiger partial charge < -0.3 is 9.77 Å². The molecule has 1 N–H and O–H groups in total. The van der Waals surface area contributed by atoms with Crippen LogP contribution in [0.25, 0.3) is 10.9 Å². The van der Waals surface area contributed by atoms with Crippen molar-refractivity contribution in [1.29, 1.82) is 0 Å². The van der Waals surface area contributed by atoms with Gasteiger partial charge in [-0.3, -0.25) is 44.1 Å². The van der Waals surface area contributed by atoms with Crippen molar-refractivity contribution in [2.75, 3.05) is 0 Å². The van der Waals surface area contributed by atoms with Crippen LogP contribution in [0.15, 0.2) is 214 Å². The number of pyridine rings is 4. The number of aromatic amines is 1. The third-order valence-electron chi connectivity index (χ3n) is 19.6. The molecule has 24 nitrogen and oxygen atoms in total. The number of hydrogen-bond acceptors (Lipinski definition) is 19. The van der Waals surface area contributed by atoms with E-state index in [1.165, 1.54) is 44.6 Å². The maximum Gasteiger partial charge on any atom is 0.198 e. The van der Waals surface area contributed by atoms with E-state index < -0.39 is 0 Å². The van der Waals surface area contributed by atoms with Crippen LogP contribution in [0.4, 0.5) is 0 Å². The summed E-state index contributed by atoms with van der Waals surface area (Å²) in [4.78, 5) is 45.7. The number of para-hydroxylation sites is 1. The highest BCUT2D eigenvalue weighted by Gasteiger charge is 2.26. The summed E-state index contributed by atoms with van der Waals surface area (Å²) in [6.45, 7) is 87.8. The topological polar surface area (TPSA) is 282 Å². The molecule has 0 unspecified atom stereocenters. The summed E-state index contributed by atoms with van der Waals surface area (Å²) >= 11 is 1.72. The Balaban J connectivity index is 0.000000495. The van der Waals surface area contributed by atoms with Gasteiger partial charge in [0.25, 0.3) is 0 Å². The Hall–Kier alpha value is -11.3. The van der Waals surface area contributed by atoms with Gasteiger partial charge in [0.15, 0.2) is 11.9 Å². The van der Waals surface area contributed by atoms with E-state index in [2.05, 4.69) is 400 Å². The second kappa shape index (κ2) is 52.1. The van der Waals surface area contributed by atoms with E-state index >= 15 is 0 Å². The van der Waals surface area contributed by atoms with Crippen molar-refractivity contribution in [3.8, 4) is 0 Å². The third-order valence-corrected chi connectivity index (χ3v) is 20.8. The van der Waals surface area contributed by atoms with E-state index in [9.17, 15) is 5.21 Å². The van der Waals surface area contributed by atoms with E-state index in [4.69, 9.17) is 0 Å². The molecule has 0 radical (unpaired) electrons. The van der Waals surface area contributed by atoms with E-state index in [1.807, 2.05) is 158 Å². The Morgan fingerprint density at radius 3 is 1.24 bits per heavy atom. The summed E-state index contributed by atoms with van der Waals surface area (Å²) in [6, 6.07) is 33.9. The van der Waals surface area contributed by atoms with Crippen LogP contribution in [0.2, 0.25) is 0 Å². The SMILES string of the molecule is CC(C)(C)c1cccc[n+]1[O-].CC(C)(C)c1ccccn1.CC(C)(C)c1ccn[nH]1.CC(C)(C)c1ccncn1.CC(C)(C)c1cnccn1.CC(C)(C)c1ncccn1.CC(C)(C)c1nccs1.Cc1cccc(C(C)(C)C)n1.Cc1ccncc1C(C)(C)C.Cn1cc(C(C)(C)C)nn1.Cn1ccnc1C(C)(C)C.Cn1nc(C(C)(C)C)c2ccccc21.Cn1nncc1C(C)(C)C. The molecule has 13 heterocycles. The van der Waals surface area contributed by atoms with Crippen LogP contribution in [0.1, 0.15) is 355 Å². The number of aryl methyl sites for hydroxylation is 6. The number of aromatic nitrogens is 23. The summed E-state index contributed by atoms with van der Waals surface area (Å²) in [5, 5.41) is 42.5. The van der Waals surface area contributed by atoms with Crippen molar-refractivity contribution in [3.05, 3.63) is 304 Å². The van der Waals surface area contributed by atoms with Crippen LogP contribution in [0, 0.1) is 19.1 Å². The monoisotopic (exact) mass is 1860 g/mol. The van der Waals surface area contributed by atoms with E-state index in [0.717, 1.165) is 61.9 Å². The molecule has 0 spiro atoms. The van der Waals surface area contributed by atoms with Crippen molar-refractivity contribution >= 4 is 22.2 Å². The lowest BCUT2D eigenvalue weighted by Crippen LogP contribution is -2.37. The quantitative estimate of drug-likeness (QED) is 0.109. The van der Waals surface area contributed by atoms with Crippen LogP contribution in [-0.4, -0.2) is 109 Å². The predicted octanol–water partition coefficient (Wildman–Crippen LogP) is 25.7. The lowest BCUT2D eigenvalue weighted by Gasteiger charge is -2.20. The molecule has 0 saturated carbocycles. The predicted molar refractivity (Wildman–Crippen MR) is 563 cm³/mol. The molecule has 0 atom stereocenters. The van der Waals surface area contributed by atoms with Gasteiger partial charge in [0.1, 0.15) is 18.0 Å². The first kappa shape index (κ1) is 120. The number of nitrogens with zero attached hydrogens (tertiary/aromatic N) is 22. The highest BCUT2D eigenvalue weighted by atomic mass is 32.1. The van der Waals surface area contributed by atoms with E-state index in [-0.39, 0.29) is 70.4 Å². The average Bonchev–Trinajstić information content (AvgIpc) is 1.63. The van der Waals surface area contributed by atoms with Crippen LogP contribution < -0.4 is 4.73 Å². The zero-order chi connectivity index (χ0) is 103. The van der Waals surface area contributed by atoms with Gasteiger partial charge in [-0.1, -0.05) is 311 Å². The maximum atomic E-state index is 11.2. The molecule has 0 aliphatic rings. The Morgan fingerprint density at radius 2 is 0.926 bits per heavy atom. The minimum Gasteiger partial charge on any atom is -0.618 e. The Labute approximate surface area is 817 Å². The summed E-state index contributed by atoms with van der Waals surface area (Å²) in [5.74, 6) is 2.03. The summed E-state index contributed by atoms with van der Waals surface area (Å²) in [6.07, 6.45) is 30.5. The fourth-order valence-electron chi connectivity index (χ4n) is 11.9. The molecule has 13 aromatic heterocycles. The minimum atomic E-state index is -0.0665. The lowest BCUT2D eigenvalue weighted by molar-refractivity contribution is -0.617. The van der Waals surface area contributed by atoms with Crippen LogP contribution in [-0.2, 0) is 98.6 Å². The fraction of sp³-hybridized carbons (Fsp3) is 0.527. The van der Waals surface area contributed by atoms with Gasteiger partial charge in [0.2, 0.25) is 0 Å². The molecular weight excluding hydrogens is 1690 g/mol. The highest BCUT2D eigenvalue weighted by Crippen LogP contribution is 2.31. The van der Waals surface area contributed by atoms with Crippen molar-refractivity contribution in [1.82, 2.24) is 109 Å². The van der Waals surface area contributed by atoms with Crippen LogP contribution in [0.5, 0.6) is 0 Å². The summed E-state index contributed by atoms with van der Waals surface area (Å²) < 4.78 is 8.45. The number of nitrogens with one attached hydrogen (secondary N) is 1. The van der Waals surface area contributed by atoms with Gasteiger partial charge in [-0.25, -0.2) is 29.9 Å². The zero-order valence-corrected chi connectivity index (χ0v) is 92.2. The molecular formula is C110H171N23OS. The van der Waals surface area contributed by atoms with Gasteiger partial charge in [-0.15, -0.1) is 21.5 Å². The number of fused-ring (bicyclic) bond motifs is 1. The molecule has 1 aromatic carbocycles. The molecule has 0 fully saturated rings. The minimum absolute atomic E-state index is 0.0665. The van der Waals surface area contributed by atoms with Crippen LogP contribution in [0.3, 0.4) is 0 Å². The number of hydrogen-bond donors (Lipinski definition) is 1. The van der Waals surface area contributed by atoms with Crippen molar-refractivity contribution in [3.63, 3.8) is 0 Å². The number of benzene rings is 1. The highest BCUT2D eigenvalue weighted by molar-refractivity contribution is 7.09. The molecule has 0 aliphatic carbocycles. The fourth-order valence-corrected chi connectivity index (χ4v) is 12.6. The van der Waals surface area contributed by atoms with E-state index in [1.54, 1.807) is 82.7 Å². The molecule has 14 aromatic rings. The third kappa shape index (κ3) is 46.2. The second-order valence-corrected chi connectivity index (χ2v) is 47.6. The van der Waals surface area contributed by atoms with Gasteiger partial charge in [0, 0.05) is 231 Å². The first-order valence-corrected chi connectivity index (χ1v) is 47.4. The second-order valence-electron chi connectivity index (χ2n) is 46.7. The first-order chi connectivity index (χ1) is 61.7. The summed E-state index contributed by atoms with van der Waals surface area (Å²) in [7, 11) is 7.81. The van der Waals surface area contributed by atoms with Crippen molar-refractivity contribution < 1.29 is 4.73 Å². The van der Waals surface area contributed by atoms with Gasteiger partial charge in [-0.05, 0) is 91.1 Å². The summed E-state index contributed by atoms with van der Waals surface area (Å²) in [5.41, 5.74) is 16.6. The Bertz CT molecular complexity index is 5200. The Morgan fingerprint density at radius 1 is 0.378 bits per heavy atom. The smallest absolute Gasteiger partial charge is 0.198 e. The molecule has 135 heavy (non-hydrogen) atoms. The molecule has 0 bridgehead atoms. The lowest BCUT2D eigenvalue weighted by atomic mass is 9.86. The Kier molecular flexibility index (Phi) is 46.2. The molecule has 0 amide bonds. The normalized spacial score (nSPS) is 11.8. The van der Waals surface area contributed by atoms with Gasteiger partial charge in [0.05, 0.1) is 39.5 Å². The standard InChI is InChI=1S/C12H16N2.2C10H15N.C9H13NO.C9H13N.C8H14N2.3C8H12N2.2C7H13N3.C7H12N2.C7H11NS/c1-12(2,3)11-9-7-5-6-8-10(9)14(4)13-11;1-8-5-6-11-7-9(8)10(2,3)4;1-8-6-5-7-9(11-8)10(2,3)4;1-9(2,3)8-6-4-5-7-10(8)11;1-9(2,3)8-6-4-5-7-10-8;1-8(2,3)7-9-5-6-10(7)4;1-8(2,3)7-6-9-4-5-10-7;1-8(2,3)7-4-5-9-6-10-7;1-8(2,3)7-9-5-4-6-10-7;1-7(2,3)6-5-10(4)9-8-6;1-7(2,3)6-5-8-9-10(6)4;1-7(2,3)6-4-5-8-9-6;1-7(2,3)6-8-4-5-9-6/h5-8H,1-4H3;2*5-7H,1-4H3;4-7H,1-3H3;4-7H,1-3H3;5-6H,1-4H3;3*4-6H,1-3H3;2*5H,1-4H3;4-5H,1-3H3,(H,8,9);4-5H,1-3H3. The number of thiazole rings is 1. The van der Waals surface area contributed by atoms with Gasteiger partial charge >= 0.3 is 0 Å². The van der Waals surface area contributed by atoms with Crippen molar-refractivity contribution in [2.24, 2.45) is 28.2 Å². The molecule has 738 valence electrons. The van der Waals surface area contributed by atoms with Crippen LogP contribution >= 0.6 is 11.3 Å². The molecule has 14 rings (SSSR count). The number of rotatable bonds is 0.